The van der Waals surface area contributed by atoms with Gasteiger partial charge in [-0.25, -0.2) is 0 Å². The molecule has 2 heterocycles. The zero-order valence-electron chi connectivity index (χ0n) is 13.3. The molecule has 5 heteroatoms. The minimum Gasteiger partial charge on any atom is -0.375 e. The van der Waals surface area contributed by atoms with Crippen LogP contribution in [-0.4, -0.2) is 22.0 Å². The van der Waals surface area contributed by atoms with Crippen LogP contribution in [0.3, 0.4) is 0 Å². The van der Waals surface area contributed by atoms with Gasteiger partial charge in [0.05, 0.1) is 23.0 Å². The SMILES string of the molecule is Cc1cc(C(NN)C2CCOC3(CCCCC3)C2)n(C)n1. The maximum atomic E-state index is 6.21. The number of nitrogens with zero attached hydrogens (tertiary/aromatic N) is 2. The first-order valence-corrected chi connectivity index (χ1v) is 8.24. The van der Waals surface area contributed by atoms with E-state index in [1.54, 1.807) is 0 Å². The van der Waals surface area contributed by atoms with Crippen molar-refractivity contribution in [2.45, 2.75) is 63.5 Å². The molecule has 3 rings (SSSR count). The summed E-state index contributed by atoms with van der Waals surface area (Å²) in [5.74, 6) is 6.42. The van der Waals surface area contributed by atoms with Gasteiger partial charge in [0.1, 0.15) is 0 Å². The van der Waals surface area contributed by atoms with Crippen LogP contribution in [-0.2, 0) is 11.8 Å². The number of ether oxygens (including phenoxy) is 1. The highest BCUT2D eigenvalue weighted by atomic mass is 16.5. The fraction of sp³-hybridized carbons (Fsp3) is 0.812. The monoisotopic (exact) mass is 292 g/mol. The molecule has 1 saturated carbocycles. The molecule has 1 aromatic heterocycles. The average Bonchev–Trinajstić information content (AvgIpc) is 2.80. The topological polar surface area (TPSA) is 65.1 Å². The van der Waals surface area contributed by atoms with Gasteiger partial charge >= 0.3 is 0 Å². The van der Waals surface area contributed by atoms with Crippen molar-refractivity contribution in [1.29, 1.82) is 0 Å². The molecular formula is C16H28N4O. The minimum absolute atomic E-state index is 0.115. The third kappa shape index (κ3) is 3.00. The molecule has 1 aromatic rings. The Bertz CT molecular complexity index is 473. The van der Waals surface area contributed by atoms with Gasteiger partial charge in [0.25, 0.3) is 0 Å². The summed E-state index contributed by atoms with van der Waals surface area (Å²) < 4.78 is 8.17. The van der Waals surface area contributed by atoms with Crippen molar-refractivity contribution < 1.29 is 4.74 Å². The second kappa shape index (κ2) is 6.07. The van der Waals surface area contributed by atoms with Gasteiger partial charge in [-0.15, -0.1) is 0 Å². The zero-order valence-corrected chi connectivity index (χ0v) is 13.3. The fourth-order valence-corrected chi connectivity index (χ4v) is 4.28. The van der Waals surface area contributed by atoms with E-state index in [0.29, 0.717) is 5.92 Å². The Balaban J connectivity index is 1.78. The summed E-state index contributed by atoms with van der Waals surface area (Å²) in [4.78, 5) is 0. The number of hydrazine groups is 1. The number of rotatable bonds is 3. The second-order valence-electron chi connectivity index (χ2n) is 6.82. The highest BCUT2D eigenvalue weighted by molar-refractivity contribution is 5.14. The van der Waals surface area contributed by atoms with Gasteiger partial charge in [-0.05, 0) is 44.6 Å². The molecule has 2 fully saturated rings. The summed E-state index contributed by atoms with van der Waals surface area (Å²) >= 11 is 0. The molecule has 5 nitrogen and oxygen atoms in total. The first-order valence-electron chi connectivity index (χ1n) is 8.24. The van der Waals surface area contributed by atoms with Crippen LogP contribution >= 0.6 is 0 Å². The molecule has 118 valence electrons. The predicted molar refractivity (Wildman–Crippen MR) is 82.5 cm³/mol. The smallest absolute Gasteiger partial charge is 0.0686 e. The molecule has 0 aromatic carbocycles. The summed E-state index contributed by atoms with van der Waals surface area (Å²) in [7, 11) is 2.00. The van der Waals surface area contributed by atoms with Crippen molar-refractivity contribution in [3.8, 4) is 0 Å². The van der Waals surface area contributed by atoms with Crippen molar-refractivity contribution in [1.82, 2.24) is 15.2 Å². The maximum absolute atomic E-state index is 6.21. The number of nitrogens with two attached hydrogens (primary N) is 1. The highest BCUT2D eigenvalue weighted by Crippen LogP contribution is 2.44. The van der Waals surface area contributed by atoms with E-state index in [1.807, 2.05) is 18.7 Å². The lowest BCUT2D eigenvalue weighted by Gasteiger charge is -2.45. The molecule has 0 bridgehead atoms. The van der Waals surface area contributed by atoms with E-state index in [0.717, 1.165) is 25.1 Å². The Kier molecular flexibility index (Phi) is 4.33. The van der Waals surface area contributed by atoms with Crippen molar-refractivity contribution in [2.24, 2.45) is 18.8 Å². The fourth-order valence-electron chi connectivity index (χ4n) is 4.28. The number of aromatic nitrogens is 2. The normalized spacial score (nSPS) is 26.9. The van der Waals surface area contributed by atoms with E-state index in [4.69, 9.17) is 10.6 Å². The lowest BCUT2D eigenvalue weighted by atomic mass is 9.73. The molecule has 2 aliphatic rings. The van der Waals surface area contributed by atoms with Gasteiger partial charge < -0.3 is 4.74 Å². The van der Waals surface area contributed by atoms with Crippen LogP contribution < -0.4 is 11.3 Å². The lowest BCUT2D eigenvalue weighted by Crippen LogP contribution is -2.46. The predicted octanol–water partition coefficient (Wildman–Crippen LogP) is 2.36. The van der Waals surface area contributed by atoms with Crippen LogP contribution in [0.4, 0.5) is 0 Å². The second-order valence-corrected chi connectivity index (χ2v) is 6.82. The van der Waals surface area contributed by atoms with Crippen LogP contribution in [0.25, 0.3) is 0 Å². The molecule has 2 unspecified atom stereocenters. The standard InChI is InChI=1S/C16H28N4O/c1-12-10-14(20(2)19-12)15(18-17)13-6-9-21-16(11-13)7-4-3-5-8-16/h10,13,15,18H,3-9,11,17H2,1-2H3. The maximum Gasteiger partial charge on any atom is 0.0686 e. The van der Waals surface area contributed by atoms with Gasteiger partial charge in [-0.2, -0.15) is 5.10 Å². The Morgan fingerprint density at radius 2 is 2.19 bits per heavy atom. The lowest BCUT2D eigenvalue weighted by molar-refractivity contribution is -0.122. The van der Waals surface area contributed by atoms with Crippen LogP contribution in [0.5, 0.6) is 0 Å². The average molecular weight is 292 g/mol. The van der Waals surface area contributed by atoms with Crippen LogP contribution in [0, 0.1) is 12.8 Å². The molecule has 1 aliphatic carbocycles. The van der Waals surface area contributed by atoms with E-state index in [2.05, 4.69) is 16.6 Å². The van der Waals surface area contributed by atoms with Gasteiger partial charge in [0, 0.05) is 13.7 Å². The third-order valence-electron chi connectivity index (χ3n) is 5.30. The number of hydrogen-bond acceptors (Lipinski definition) is 4. The Morgan fingerprint density at radius 3 is 2.81 bits per heavy atom. The van der Waals surface area contributed by atoms with Crippen molar-refractivity contribution in [2.75, 3.05) is 6.61 Å². The molecule has 2 atom stereocenters. The summed E-state index contributed by atoms with van der Waals surface area (Å²) in [5.41, 5.74) is 5.40. The Hall–Kier alpha value is -0.910. The van der Waals surface area contributed by atoms with Crippen molar-refractivity contribution in [3.05, 3.63) is 17.5 Å². The molecule has 21 heavy (non-hydrogen) atoms. The molecule has 0 amide bonds. The number of nitrogens with one attached hydrogen (secondary N) is 1. The van der Waals surface area contributed by atoms with Gasteiger partial charge in [0.15, 0.2) is 0 Å². The molecule has 3 N–H and O–H groups in total. The zero-order chi connectivity index (χ0) is 14.9. The van der Waals surface area contributed by atoms with E-state index in [-0.39, 0.29) is 11.6 Å². The first kappa shape index (κ1) is 15.0. The van der Waals surface area contributed by atoms with E-state index in [9.17, 15) is 0 Å². The molecule has 0 radical (unpaired) electrons. The van der Waals surface area contributed by atoms with Crippen LogP contribution in [0.2, 0.25) is 0 Å². The Morgan fingerprint density at radius 1 is 1.43 bits per heavy atom. The van der Waals surface area contributed by atoms with Gasteiger partial charge in [-0.3, -0.25) is 16.0 Å². The van der Waals surface area contributed by atoms with Crippen molar-refractivity contribution in [3.63, 3.8) is 0 Å². The summed E-state index contributed by atoms with van der Waals surface area (Å²) in [6.45, 7) is 2.89. The van der Waals surface area contributed by atoms with E-state index >= 15 is 0 Å². The Labute approximate surface area is 127 Å². The van der Waals surface area contributed by atoms with Gasteiger partial charge in [0.2, 0.25) is 0 Å². The minimum atomic E-state index is 0.115. The summed E-state index contributed by atoms with van der Waals surface area (Å²) in [5, 5.41) is 4.47. The quantitative estimate of drug-likeness (QED) is 0.663. The van der Waals surface area contributed by atoms with Gasteiger partial charge in [-0.1, -0.05) is 19.3 Å². The van der Waals surface area contributed by atoms with Crippen LogP contribution in [0.1, 0.15) is 62.4 Å². The highest BCUT2D eigenvalue weighted by Gasteiger charge is 2.41. The first-order chi connectivity index (χ1) is 10.1. The number of aryl methyl sites for hydroxylation is 2. The molecule has 1 spiro atoms. The van der Waals surface area contributed by atoms with E-state index in [1.165, 1.54) is 37.8 Å². The largest absolute Gasteiger partial charge is 0.375 e. The van der Waals surface area contributed by atoms with E-state index < -0.39 is 0 Å². The summed E-state index contributed by atoms with van der Waals surface area (Å²) in [6, 6.07) is 2.31. The number of hydrogen-bond donors (Lipinski definition) is 2. The van der Waals surface area contributed by atoms with Crippen molar-refractivity contribution >= 4 is 0 Å². The summed E-state index contributed by atoms with van der Waals surface area (Å²) in [6.07, 6.45) is 8.58. The molecule has 1 saturated heterocycles. The molecule has 1 aliphatic heterocycles. The third-order valence-corrected chi connectivity index (χ3v) is 5.30. The van der Waals surface area contributed by atoms with Crippen LogP contribution in [0.15, 0.2) is 6.07 Å². The molecular weight excluding hydrogens is 264 g/mol.